The average molecular weight is 219 g/mol. The van der Waals surface area contributed by atoms with Crippen LogP contribution >= 0.6 is 0 Å². The number of carbonyl (C=O) groups excluding carboxylic acids is 1. The van der Waals surface area contributed by atoms with Gasteiger partial charge in [0.15, 0.2) is 0 Å². The third-order valence-corrected chi connectivity index (χ3v) is 3.20. The molecule has 0 aliphatic carbocycles. The Labute approximate surface area is 95.7 Å². The molecular weight excluding hydrogens is 202 g/mol. The summed E-state index contributed by atoms with van der Waals surface area (Å²) in [6, 6.07) is 8.10. The third-order valence-electron chi connectivity index (χ3n) is 3.20. The molecule has 3 heteroatoms. The predicted molar refractivity (Wildman–Crippen MR) is 61.7 cm³/mol. The molecule has 1 fully saturated rings. The molecule has 1 unspecified atom stereocenters. The summed E-state index contributed by atoms with van der Waals surface area (Å²) in [4.78, 5) is 13.4. The number of amides is 1. The van der Waals surface area contributed by atoms with E-state index < -0.39 is 0 Å². The predicted octanol–water partition coefficient (Wildman–Crippen LogP) is 1.86. The first-order valence-corrected chi connectivity index (χ1v) is 5.69. The van der Waals surface area contributed by atoms with Gasteiger partial charge in [0.1, 0.15) is 0 Å². The summed E-state index contributed by atoms with van der Waals surface area (Å²) in [5, 5.41) is 8.97. The Hall–Kier alpha value is -1.35. The smallest absolute Gasteiger partial charge is 0.219 e. The zero-order valence-corrected chi connectivity index (χ0v) is 9.52. The number of carbonyl (C=O) groups is 1. The third kappa shape index (κ3) is 2.09. The van der Waals surface area contributed by atoms with Gasteiger partial charge in [-0.15, -0.1) is 0 Å². The molecule has 0 aromatic heterocycles. The number of likely N-dealkylation sites (tertiary alicyclic amines) is 1. The van der Waals surface area contributed by atoms with Crippen molar-refractivity contribution in [3.63, 3.8) is 0 Å². The van der Waals surface area contributed by atoms with Crippen LogP contribution < -0.4 is 0 Å². The van der Waals surface area contributed by atoms with Gasteiger partial charge in [-0.3, -0.25) is 4.79 Å². The summed E-state index contributed by atoms with van der Waals surface area (Å²) < 4.78 is 0. The van der Waals surface area contributed by atoms with Gasteiger partial charge in [0, 0.05) is 13.5 Å². The van der Waals surface area contributed by atoms with Crippen LogP contribution in [0.2, 0.25) is 0 Å². The Balaban J connectivity index is 2.19. The summed E-state index contributed by atoms with van der Waals surface area (Å²) in [7, 11) is 0. The van der Waals surface area contributed by atoms with Crippen molar-refractivity contribution >= 4 is 5.91 Å². The van der Waals surface area contributed by atoms with E-state index >= 15 is 0 Å². The van der Waals surface area contributed by atoms with E-state index in [0.717, 1.165) is 24.9 Å². The van der Waals surface area contributed by atoms with Crippen molar-refractivity contribution in [1.82, 2.24) is 4.90 Å². The highest BCUT2D eigenvalue weighted by atomic mass is 16.3. The summed E-state index contributed by atoms with van der Waals surface area (Å²) in [5.74, 6) is 0.147. The highest BCUT2D eigenvalue weighted by Gasteiger charge is 2.27. The fraction of sp³-hybridized carbons (Fsp3) is 0.462. The first-order valence-electron chi connectivity index (χ1n) is 5.69. The lowest BCUT2D eigenvalue weighted by Gasteiger charge is -2.23. The molecule has 1 saturated heterocycles. The van der Waals surface area contributed by atoms with Gasteiger partial charge in [0.05, 0.1) is 12.6 Å². The summed E-state index contributed by atoms with van der Waals surface area (Å²) in [6.07, 6.45) is 2.12. The number of rotatable bonds is 2. The van der Waals surface area contributed by atoms with Crippen molar-refractivity contribution in [3.05, 3.63) is 35.4 Å². The molecule has 1 aliphatic rings. The van der Waals surface area contributed by atoms with E-state index in [1.165, 1.54) is 5.56 Å². The molecule has 1 amide bonds. The van der Waals surface area contributed by atoms with Crippen molar-refractivity contribution in [1.29, 1.82) is 0 Å². The molecule has 1 aliphatic heterocycles. The van der Waals surface area contributed by atoms with Gasteiger partial charge in [-0.2, -0.15) is 0 Å². The molecule has 3 nitrogen and oxygen atoms in total. The van der Waals surface area contributed by atoms with Crippen LogP contribution in [-0.4, -0.2) is 22.5 Å². The molecule has 2 rings (SSSR count). The minimum atomic E-state index is 0.0708. The van der Waals surface area contributed by atoms with Gasteiger partial charge in [-0.1, -0.05) is 24.3 Å². The maximum atomic E-state index is 11.4. The van der Waals surface area contributed by atoms with Crippen molar-refractivity contribution < 1.29 is 9.90 Å². The maximum Gasteiger partial charge on any atom is 0.219 e. The SMILES string of the molecule is CC(=O)N1CCCC1c1ccc(CO)cc1. The molecule has 0 bridgehead atoms. The Bertz CT molecular complexity index is 372. The fourth-order valence-electron chi connectivity index (χ4n) is 2.34. The molecule has 1 atom stereocenters. The van der Waals surface area contributed by atoms with E-state index in [1.807, 2.05) is 29.2 Å². The molecule has 1 aromatic rings. The summed E-state index contributed by atoms with van der Waals surface area (Å²) >= 11 is 0. The van der Waals surface area contributed by atoms with Crippen LogP contribution in [0.5, 0.6) is 0 Å². The van der Waals surface area contributed by atoms with Crippen LogP contribution in [0.15, 0.2) is 24.3 Å². The van der Waals surface area contributed by atoms with Crippen molar-refractivity contribution in [3.8, 4) is 0 Å². The van der Waals surface area contributed by atoms with Gasteiger partial charge >= 0.3 is 0 Å². The molecule has 0 saturated carbocycles. The Morgan fingerprint density at radius 3 is 2.69 bits per heavy atom. The summed E-state index contributed by atoms with van der Waals surface area (Å²) in [5.41, 5.74) is 2.08. The zero-order valence-electron chi connectivity index (χ0n) is 9.52. The molecule has 86 valence electrons. The normalized spacial score (nSPS) is 20.1. The van der Waals surface area contributed by atoms with Crippen molar-refractivity contribution in [2.75, 3.05) is 6.54 Å². The largest absolute Gasteiger partial charge is 0.392 e. The first-order chi connectivity index (χ1) is 7.72. The van der Waals surface area contributed by atoms with Gasteiger partial charge < -0.3 is 10.0 Å². The van der Waals surface area contributed by atoms with Gasteiger partial charge in [-0.25, -0.2) is 0 Å². The van der Waals surface area contributed by atoms with Crippen molar-refractivity contribution in [2.45, 2.75) is 32.4 Å². The van der Waals surface area contributed by atoms with E-state index in [9.17, 15) is 4.79 Å². The van der Waals surface area contributed by atoms with Crippen molar-refractivity contribution in [2.24, 2.45) is 0 Å². The molecule has 1 heterocycles. The number of benzene rings is 1. The highest BCUT2D eigenvalue weighted by molar-refractivity contribution is 5.74. The average Bonchev–Trinajstić information content (AvgIpc) is 2.78. The molecular formula is C13H17NO2. The first kappa shape index (κ1) is 11.1. The van der Waals surface area contributed by atoms with Crippen LogP contribution in [0.1, 0.15) is 36.9 Å². The van der Waals surface area contributed by atoms with E-state index in [4.69, 9.17) is 5.11 Å². The van der Waals surface area contributed by atoms with Crippen LogP contribution in [0.3, 0.4) is 0 Å². The topological polar surface area (TPSA) is 40.5 Å². The number of hydrogen-bond donors (Lipinski definition) is 1. The van der Waals surface area contributed by atoms with Crippen LogP contribution in [0, 0.1) is 0 Å². The Kier molecular flexibility index (Phi) is 3.25. The van der Waals surface area contributed by atoms with E-state index in [2.05, 4.69) is 0 Å². The monoisotopic (exact) mass is 219 g/mol. The van der Waals surface area contributed by atoms with Gasteiger partial charge in [-0.05, 0) is 24.0 Å². The number of aliphatic hydroxyl groups excluding tert-OH is 1. The number of aliphatic hydroxyl groups is 1. The summed E-state index contributed by atoms with van der Waals surface area (Å²) in [6.45, 7) is 2.56. The zero-order chi connectivity index (χ0) is 11.5. The van der Waals surface area contributed by atoms with E-state index in [1.54, 1.807) is 6.92 Å². The maximum absolute atomic E-state index is 11.4. The van der Waals surface area contributed by atoms with Crippen LogP contribution in [-0.2, 0) is 11.4 Å². The second-order valence-electron chi connectivity index (χ2n) is 4.27. The molecule has 0 radical (unpaired) electrons. The number of hydrogen-bond acceptors (Lipinski definition) is 2. The van der Waals surface area contributed by atoms with E-state index in [-0.39, 0.29) is 18.6 Å². The number of nitrogens with zero attached hydrogens (tertiary/aromatic N) is 1. The van der Waals surface area contributed by atoms with Crippen LogP contribution in [0.25, 0.3) is 0 Å². The Morgan fingerprint density at radius 1 is 1.44 bits per heavy atom. The minimum absolute atomic E-state index is 0.0708. The molecule has 1 aromatic carbocycles. The minimum Gasteiger partial charge on any atom is -0.392 e. The lowest BCUT2D eigenvalue weighted by molar-refractivity contribution is -0.129. The standard InChI is InChI=1S/C13H17NO2/c1-10(16)14-8-2-3-13(14)12-6-4-11(9-15)5-7-12/h4-7,13,15H,2-3,8-9H2,1H3. The molecule has 1 N–H and O–H groups in total. The lowest BCUT2D eigenvalue weighted by atomic mass is 10.0. The van der Waals surface area contributed by atoms with Gasteiger partial charge in [0.25, 0.3) is 0 Å². The Morgan fingerprint density at radius 2 is 2.12 bits per heavy atom. The van der Waals surface area contributed by atoms with E-state index in [0.29, 0.717) is 0 Å². The molecule has 0 spiro atoms. The fourth-order valence-corrected chi connectivity index (χ4v) is 2.34. The quantitative estimate of drug-likeness (QED) is 0.824. The van der Waals surface area contributed by atoms with Gasteiger partial charge in [0.2, 0.25) is 5.91 Å². The highest BCUT2D eigenvalue weighted by Crippen LogP contribution is 2.31. The van der Waals surface area contributed by atoms with Crippen LogP contribution in [0.4, 0.5) is 0 Å². The lowest BCUT2D eigenvalue weighted by Crippen LogP contribution is -2.27. The second kappa shape index (κ2) is 4.66. The molecule has 16 heavy (non-hydrogen) atoms. The second-order valence-corrected chi connectivity index (χ2v) is 4.27.